The molecule has 1 aromatic carbocycles. The van der Waals surface area contributed by atoms with Crippen LogP contribution in [0.5, 0.6) is 11.5 Å². The van der Waals surface area contributed by atoms with E-state index in [1.807, 2.05) is 13.8 Å². The highest BCUT2D eigenvalue weighted by Crippen LogP contribution is 2.24. The Hall–Kier alpha value is -1.26. The molecule has 0 saturated carbocycles. The predicted octanol–water partition coefficient (Wildman–Crippen LogP) is 1.13. The molecule has 4 N–H and O–H groups in total. The molecule has 0 aliphatic rings. The van der Waals surface area contributed by atoms with Gasteiger partial charge in [0.1, 0.15) is 11.5 Å². The highest BCUT2D eigenvalue weighted by atomic mass is 16.3. The summed E-state index contributed by atoms with van der Waals surface area (Å²) in [4.78, 5) is 0. The third-order valence-electron chi connectivity index (χ3n) is 2.23. The quantitative estimate of drug-likeness (QED) is 0.602. The van der Waals surface area contributed by atoms with Gasteiger partial charge in [-0.05, 0) is 31.5 Å². The number of phenolic OH excluding ortho intramolecular Hbond substituents is 2. The summed E-state index contributed by atoms with van der Waals surface area (Å²) in [5, 5.41) is 30.6. The van der Waals surface area contributed by atoms with Crippen LogP contribution >= 0.6 is 0 Å². The molecule has 0 aliphatic carbocycles. The van der Waals surface area contributed by atoms with E-state index in [1.54, 1.807) is 12.1 Å². The van der Waals surface area contributed by atoms with Gasteiger partial charge >= 0.3 is 0 Å². The van der Waals surface area contributed by atoms with E-state index in [2.05, 4.69) is 5.32 Å². The van der Waals surface area contributed by atoms with Gasteiger partial charge in [0.15, 0.2) is 0 Å². The van der Waals surface area contributed by atoms with Gasteiger partial charge in [-0.3, -0.25) is 0 Å². The number of hydrogen-bond donors (Lipinski definition) is 4. The van der Waals surface area contributed by atoms with E-state index in [-0.39, 0.29) is 30.2 Å². The zero-order valence-electron chi connectivity index (χ0n) is 8.94. The van der Waals surface area contributed by atoms with E-state index < -0.39 is 0 Å². The second kappa shape index (κ2) is 5.00. The van der Waals surface area contributed by atoms with Gasteiger partial charge in [0.05, 0.1) is 6.61 Å². The van der Waals surface area contributed by atoms with Crippen molar-refractivity contribution in [2.75, 3.05) is 6.61 Å². The maximum Gasteiger partial charge on any atom is 0.119 e. The van der Waals surface area contributed by atoms with E-state index in [9.17, 15) is 10.2 Å². The largest absolute Gasteiger partial charge is 0.508 e. The normalized spacial score (nSPS) is 14.9. The van der Waals surface area contributed by atoms with Crippen molar-refractivity contribution in [3.8, 4) is 11.5 Å². The minimum absolute atomic E-state index is 0.0236. The molecule has 4 nitrogen and oxygen atoms in total. The van der Waals surface area contributed by atoms with Crippen molar-refractivity contribution in [2.24, 2.45) is 0 Å². The fourth-order valence-corrected chi connectivity index (χ4v) is 1.44. The van der Waals surface area contributed by atoms with Gasteiger partial charge < -0.3 is 20.6 Å². The van der Waals surface area contributed by atoms with E-state index in [1.165, 1.54) is 6.07 Å². The topological polar surface area (TPSA) is 72.7 Å². The Labute approximate surface area is 89.2 Å². The standard InChI is InChI=1S/C11H17NO3/c1-7(6-13)12-8(2)9-3-10(14)5-11(15)4-9/h3-5,7-8,12-15H,6H2,1-2H3. The van der Waals surface area contributed by atoms with Crippen molar-refractivity contribution in [3.05, 3.63) is 23.8 Å². The Morgan fingerprint density at radius 2 is 1.67 bits per heavy atom. The summed E-state index contributed by atoms with van der Waals surface area (Å²) in [6, 6.07) is 4.39. The van der Waals surface area contributed by atoms with E-state index in [0.29, 0.717) is 0 Å². The zero-order valence-corrected chi connectivity index (χ0v) is 8.94. The molecule has 0 radical (unpaired) electrons. The minimum Gasteiger partial charge on any atom is -0.508 e. The number of aliphatic hydroxyl groups excluding tert-OH is 1. The molecule has 0 bridgehead atoms. The van der Waals surface area contributed by atoms with Crippen molar-refractivity contribution < 1.29 is 15.3 Å². The van der Waals surface area contributed by atoms with Crippen molar-refractivity contribution in [3.63, 3.8) is 0 Å². The average molecular weight is 211 g/mol. The lowest BCUT2D eigenvalue weighted by molar-refractivity contribution is 0.243. The summed E-state index contributed by atoms with van der Waals surface area (Å²) >= 11 is 0. The molecule has 0 aliphatic heterocycles. The molecule has 2 atom stereocenters. The maximum atomic E-state index is 9.30. The van der Waals surface area contributed by atoms with Crippen LogP contribution in [-0.4, -0.2) is 28.0 Å². The van der Waals surface area contributed by atoms with Gasteiger partial charge in [-0.2, -0.15) is 0 Å². The van der Waals surface area contributed by atoms with Gasteiger partial charge in [0.2, 0.25) is 0 Å². The summed E-state index contributed by atoms with van der Waals surface area (Å²) in [5.74, 6) is 0.0746. The van der Waals surface area contributed by atoms with Crippen molar-refractivity contribution in [1.29, 1.82) is 0 Å². The molecular formula is C11H17NO3. The molecular weight excluding hydrogens is 194 g/mol. The lowest BCUT2D eigenvalue weighted by Crippen LogP contribution is -2.31. The minimum atomic E-state index is -0.0369. The SMILES string of the molecule is CC(CO)NC(C)c1cc(O)cc(O)c1. The zero-order chi connectivity index (χ0) is 11.4. The van der Waals surface area contributed by atoms with Crippen LogP contribution in [-0.2, 0) is 0 Å². The van der Waals surface area contributed by atoms with Crippen LogP contribution in [0.3, 0.4) is 0 Å². The van der Waals surface area contributed by atoms with Crippen LogP contribution in [0.2, 0.25) is 0 Å². The Morgan fingerprint density at radius 1 is 1.13 bits per heavy atom. The summed E-state index contributed by atoms with van der Waals surface area (Å²) in [6.07, 6.45) is 0. The molecule has 1 rings (SSSR count). The summed E-state index contributed by atoms with van der Waals surface area (Å²) in [5.41, 5.74) is 0.785. The highest BCUT2D eigenvalue weighted by Gasteiger charge is 2.10. The highest BCUT2D eigenvalue weighted by molar-refractivity contribution is 5.37. The first-order valence-corrected chi connectivity index (χ1v) is 4.92. The molecule has 15 heavy (non-hydrogen) atoms. The van der Waals surface area contributed by atoms with Crippen LogP contribution in [0, 0.1) is 0 Å². The second-order valence-electron chi connectivity index (χ2n) is 3.75. The van der Waals surface area contributed by atoms with Crippen molar-refractivity contribution in [1.82, 2.24) is 5.32 Å². The number of hydrogen-bond acceptors (Lipinski definition) is 4. The third kappa shape index (κ3) is 3.42. The van der Waals surface area contributed by atoms with Crippen LogP contribution in [0.1, 0.15) is 25.5 Å². The van der Waals surface area contributed by atoms with Gasteiger partial charge in [0.25, 0.3) is 0 Å². The Kier molecular flexibility index (Phi) is 3.94. The van der Waals surface area contributed by atoms with Crippen molar-refractivity contribution in [2.45, 2.75) is 25.9 Å². The van der Waals surface area contributed by atoms with Crippen LogP contribution < -0.4 is 5.32 Å². The monoisotopic (exact) mass is 211 g/mol. The molecule has 0 aromatic heterocycles. The first-order chi connectivity index (χ1) is 7.02. The van der Waals surface area contributed by atoms with Gasteiger partial charge in [-0.25, -0.2) is 0 Å². The molecule has 0 amide bonds. The Balaban J connectivity index is 2.77. The molecule has 84 valence electrons. The molecule has 0 saturated heterocycles. The van der Waals surface area contributed by atoms with Gasteiger partial charge in [-0.15, -0.1) is 0 Å². The van der Waals surface area contributed by atoms with Crippen LogP contribution in [0.4, 0.5) is 0 Å². The van der Waals surface area contributed by atoms with Gasteiger partial charge in [-0.1, -0.05) is 0 Å². The van der Waals surface area contributed by atoms with Gasteiger partial charge in [0, 0.05) is 18.2 Å². The number of rotatable bonds is 4. The lowest BCUT2D eigenvalue weighted by Gasteiger charge is -2.19. The first-order valence-electron chi connectivity index (χ1n) is 4.92. The number of nitrogens with one attached hydrogen (secondary N) is 1. The Bertz CT molecular complexity index is 307. The fraction of sp³-hybridized carbons (Fsp3) is 0.455. The third-order valence-corrected chi connectivity index (χ3v) is 2.23. The van der Waals surface area contributed by atoms with Crippen LogP contribution in [0.15, 0.2) is 18.2 Å². The molecule has 4 heteroatoms. The predicted molar refractivity (Wildman–Crippen MR) is 57.9 cm³/mol. The number of aliphatic hydroxyl groups is 1. The molecule has 2 unspecified atom stereocenters. The summed E-state index contributed by atoms with van der Waals surface area (Å²) in [7, 11) is 0. The molecule has 0 heterocycles. The fourth-order valence-electron chi connectivity index (χ4n) is 1.44. The molecule has 1 aromatic rings. The summed E-state index contributed by atoms with van der Waals surface area (Å²) in [6.45, 7) is 3.81. The molecule has 0 fully saturated rings. The lowest BCUT2D eigenvalue weighted by atomic mass is 10.1. The van der Waals surface area contributed by atoms with E-state index >= 15 is 0 Å². The van der Waals surface area contributed by atoms with Crippen molar-refractivity contribution >= 4 is 0 Å². The van der Waals surface area contributed by atoms with Crippen LogP contribution in [0.25, 0.3) is 0 Å². The first kappa shape index (κ1) is 11.8. The van der Waals surface area contributed by atoms with E-state index in [0.717, 1.165) is 5.56 Å². The number of phenols is 2. The smallest absolute Gasteiger partial charge is 0.119 e. The number of benzene rings is 1. The average Bonchev–Trinajstić information content (AvgIpc) is 2.16. The maximum absolute atomic E-state index is 9.30. The molecule has 0 spiro atoms. The van der Waals surface area contributed by atoms with E-state index in [4.69, 9.17) is 5.11 Å². The summed E-state index contributed by atoms with van der Waals surface area (Å²) < 4.78 is 0. The second-order valence-corrected chi connectivity index (χ2v) is 3.75. The number of aromatic hydroxyl groups is 2. The Morgan fingerprint density at radius 3 is 2.13 bits per heavy atom.